The molecule has 82 valence electrons. The molecule has 2 aromatic carbocycles. The maximum Gasteiger partial charge on any atom is 0.119 e. The fourth-order valence-corrected chi connectivity index (χ4v) is 1.90. The van der Waals surface area contributed by atoms with Crippen molar-refractivity contribution in [2.24, 2.45) is 0 Å². The Kier molecular flexibility index (Phi) is 3.16. The SMILES string of the molecule is Cc1ccccc1Cc1cc(Cl)ccc1O. The van der Waals surface area contributed by atoms with Crippen molar-refractivity contribution in [2.75, 3.05) is 0 Å². The highest BCUT2D eigenvalue weighted by molar-refractivity contribution is 6.30. The standard InChI is InChI=1S/C14H13ClO/c1-10-4-2-3-5-11(10)8-12-9-13(15)6-7-14(12)16/h2-7,9,16H,8H2,1H3. The van der Waals surface area contributed by atoms with E-state index in [1.165, 1.54) is 11.1 Å². The molecule has 2 aromatic rings. The van der Waals surface area contributed by atoms with Gasteiger partial charge in [0.2, 0.25) is 0 Å². The molecule has 1 nitrogen and oxygen atoms in total. The third-order valence-corrected chi connectivity index (χ3v) is 2.92. The zero-order valence-corrected chi connectivity index (χ0v) is 9.83. The van der Waals surface area contributed by atoms with Crippen LogP contribution in [0.4, 0.5) is 0 Å². The summed E-state index contributed by atoms with van der Waals surface area (Å²) in [5.74, 6) is 0.299. The van der Waals surface area contributed by atoms with Crippen LogP contribution in [0.15, 0.2) is 42.5 Å². The second-order valence-corrected chi connectivity index (χ2v) is 4.31. The molecule has 0 saturated heterocycles. The van der Waals surface area contributed by atoms with E-state index in [1.807, 2.05) is 18.2 Å². The van der Waals surface area contributed by atoms with E-state index < -0.39 is 0 Å². The van der Waals surface area contributed by atoms with Crippen LogP contribution in [0.25, 0.3) is 0 Å². The Hall–Kier alpha value is -1.47. The number of hydrogen-bond acceptors (Lipinski definition) is 1. The van der Waals surface area contributed by atoms with Crippen LogP contribution in [0, 0.1) is 6.92 Å². The predicted molar refractivity (Wildman–Crippen MR) is 67.1 cm³/mol. The quantitative estimate of drug-likeness (QED) is 0.832. The fraction of sp³-hybridized carbons (Fsp3) is 0.143. The molecule has 0 aliphatic heterocycles. The molecule has 0 aliphatic carbocycles. The minimum absolute atomic E-state index is 0.299. The first-order valence-electron chi connectivity index (χ1n) is 5.19. The second-order valence-electron chi connectivity index (χ2n) is 3.88. The van der Waals surface area contributed by atoms with Gasteiger partial charge in [-0.2, -0.15) is 0 Å². The van der Waals surface area contributed by atoms with Gasteiger partial charge in [0.05, 0.1) is 0 Å². The number of aromatic hydroxyl groups is 1. The van der Waals surface area contributed by atoms with Gasteiger partial charge in [0, 0.05) is 11.4 Å². The normalized spacial score (nSPS) is 10.4. The van der Waals surface area contributed by atoms with E-state index in [0.717, 1.165) is 5.56 Å². The van der Waals surface area contributed by atoms with Crippen LogP contribution in [0.3, 0.4) is 0 Å². The number of halogens is 1. The molecule has 0 amide bonds. The average molecular weight is 233 g/mol. The highest BCUT2D eigenvalue weighted by Gasteiger charge is 2.04. The summed E-state index contributed by atoms with van der Waals surface area (Å²) < 4.78 is 0. The van der Waals surface area contributed by atoms with E-state index in [2.05, 4.69) is 19.1 Å². The molecule has 0 aromatic heterocycles. The number of phenols is 1. The summed E-state index contributed by atoms with van der Waals surface area (Å²) in [6, 6.07) is 13.3. The van der Waals surface area contributed by atoms with Crippen molar-refractivity contribution in [3.05, 3.63) is 64.2 Å². The van der Waals surface area contributed by atoms with Crippen molar-refractivity contribution < 1.29 is 5.11 Å². The zero-order chi connectivity index (χ0) is 11.5. The van der Waals surface area contributed by atoms with E-state index >= 15 is 0 Å². The van der Waals surface area contributed by atoms with Crippen molar-refractivity contribution in [1.29, 1.82) is 0 Å². The first-order chi connectivity index (χ1) is 7.66. The molecule has 1 N–H and O–H groups in total. The molecular formula is C14H13ClO. The van der Waals surface area contributed by atoms with E-state index in [-0.39, 0.29) is 0 Å². The molecule has 0 radical (unpaired) electrons. The Morgan fingerprint density at radius 2 is 1.81 bits per heavy atom. The van der Waals surface area contributed by atoms with Gasteiger partial charge in [-0.3, -0.25) is 0 Å². The van der Waals surface area contributed by atoms with Gasteiger partial charge in [-0.05, 0) is 41.8 Å². The summed E-state index contributed by atoms with van der Waals surface area (Å²) in [4.78, 5) is 0. The molecule has 0 atom stereocenters. The van der Waals surface area contributed by atoms with E-state index in [1.54, 1.807) is 12.1 Å². The molecule has 0 spiro atoms. The summed E-state index contributed by atoms with van der Waals surface area (Å²) in [5.41, 5.74) is 3.30. The van der Waals surface area contributed by atoms with Gasteiger partial charge < -0.3 is 5.11 Å². The smallest absolute Gasteiger partial charge is 0.119 e. The van der Waals surface area contributed by atoms with Gasteiger partial charge in [-0.15, -0.1) is 0 Å². The highest BCUT2D eigenvalue weighted by atomic mass is 35.5. The fourth-order valence-electron chi connectivity index (χ4n) is 1.71. The van der Waals surface area contributed by atoms with Gasteiger partial charge in [0.25, 0.3) is 0 Å². The van der Waals surface area contributed by atoms with Crippen molar-refractivity contribution in [3.63, 3.8) is 0 Å². The van der Waals surface area contributed by atoms with Crippen molar-refractivity contribution in [3.8, 4) is 5.75 Å². The minimum atomic E-state index is 0.299. The first-order valence-corrected chi connectivity index (χ1v) is 5.56. The lowest BCUT2D eigenvalue weighted by atomic mass is 10.0. The molecule has 0 saturated carbocycles. The number of hydrogen-bond donors (Lipinski definition) is 1. The van der Waals surface area contributed by atoms with E-state index in [0.29, 0.717) is 17.2 Å². The highest BCUT2D eigenvalue weighted by Crippen LogP contribution is 2.25. The van der Waals surface area contributed by atoms with E-state index in [4.69, 9.17) is 11.6 Å². The third kappa shape index (κ3) is 2.37. The zero-order valence-electron chi connectivity index (χ0n) is 9.07. The number of benzene rings is 2. The summed E-state index contributed by atoms with van der Waals surface area (Å²) in [7, 11) is 0. The second kappa shape index (κ2) is 4.58. The summed E-state index contributed by atoms with van der Waals surface area (Å²) in [5, 5.41) is 10.4. The maximum absolute atomic E-state index is 9.73. The monoisotopic (exact) mass is 232 g/mol. The van der Waals surface area contributed by atoms with Crippen molar-refractivity contribution in [1.82, 2.24) is 0 Å². The molecule has 2 rings (SSSR count). The first kappa shape index (κ1) is 11.0. The molecule has 16 heavy (non-hydrogen) atoms. The third-order valence-electron chi connectivity index (χ3n) is 2.68. The van der Waals surface area contributed by atoms with Crippen molar-refractivity contribution in [2.45, 2.75) is 13.3 Å². The Morgan fingerprint density at radius 3 is 2.56 bits per heavy atom. The van der Waals surface area contributed by atoms with Gasteiger partial charge in [0.1, 0.15) is 5.75 Å². The van der Waals surface area contributed by atoms with Crippen LogP contribution in [-0.4, -0.2) is 5.11 Å². The van der Waals surface area contributed by atoms with Crippen LogP contribution in [0.5, 0.6) is 5.75 Å². The van der Waals surface area contributed by atoms with Crippen LogP contribution in [0.1, 0.15) is 16.7 Å². The lowest BCUT2D eigenvalue weighted by molar-refractivity contribution is 0.469. The Labute approximate surface area is 100 Å². The number of aryl methyl sites for hydroxylation is 1. The predicted octanol–water partition coefficient (Wildman–Crippen LogP) is 3.94. The lowest BCUT2D eigenvalue weighted by Gasteiger charge is -2.07. The van der Waals surface area contributed by atoms with E-state index in [9.17, 15) is 5.11 Å². The van der Waals surface area contributed by atoms with Crippen LogP contribution < -0.4 is 0 Å². The largest absolute Gasteiger partial charge is 0.508 e. The molecule has 0 fully saturated rings. The van der Waals surface area contributed by atoms with Crippen molar-refractivity contribution >= 4 is 11.6 Å². The summed E-state index contributed by atoms with van der Waals surface area (Å²) >= 11 is 5.91. The molecule has 0 aliphatic rings. The van der Waals surface area contributed by atoms with Crippen LogP contribution in [0.2, 0.25) is 5.02 Å². The average Bonchev–Trinajstić information content (AvgIpc) is 2.27. The number of rotatable bonds is 2. The summed E-state index contributed by atoms with van der Waals surface area (Å²) in [6.07, 6.45) is 0.707. The Balaban J connectivity index is 2.34. The maximum atomic E-state index is 9.73. The van der Waals surface area contributed by atoms with Gasteiger partial charge in [-0.1, -0.05) is 35.9 Å². The van der Waals surface area contributed by atoms with Crippen LogP contribution >= 0.6 is 11.6 Å². The molecule has 0 unspecified atom stereocenters. The molecule has 0 bridgehead atoms. The van der Waals surface area contributed by atoms with Gasteiger partial charge >= 0.3 is 0 Å². The molecular weight excluding hydrogens is 220 g/mol. The molecule has 2 heteroatoms. The lowest BCUT2D eigenvalue weighted by Crippen LogP contribution is -1.91. The van der Waals surface area contributed by atoms with Crippen LogP contribution in [-0.2, 0) is 6.42 Å². The van der Waals surface area contributed by atoms with Gasteiger partial charge in [-0.25, -0.2) is 0 Å². The van der Waals surface area contributed by atoms with Gasteiger partial charge in [0.15, 0.2) is 0 Å². The summed E-state index contributed by atoms with van der Waals surface area (Å²) in [6.45, 7) is 2.07. The Bertz CT molecular complexity index is 506. The number of phenolic OH excluding ortho intramolecular Hbond substituents is 1. The minimum Gasteiger partial charge on any atom is -0.508 e. The molecule has 0 heterocycles. The Morgan fingerprint density at radius 1 is 1.06 bits per heavy atom. The topological polar surface area (TPSA) is 20.2 Å².